The van der Waals surface area contributed by atoms with Gasteiger partial charge in [-0.1, -0.05) is 26.0 Å². The van der Waals surface area contributed by atoms with Crippen molar-refractivity contribution >= 4 is 11.6 Å². The highest BCUT2D eigenvalue weighted by Gasteiger charge is 2.07. The van der Waals surface area contributed by atoms with E-state index in [1.165, 1.54) is 5.56 Å². The quantitative estimate of drug-likeness (QED) is 0.654. The van der Waals surface area contributed by atoms with Crippen LogP contribution in [0, 0.1) is 6.92 Å². The molecule has 0 amide bonds. The molecule has 0 aliphatic rings. The van der Waals surface area contributed by atoms with Gasteiger partial charge < -0.3 is 15.5 Å². The zero-order chi connectivity index (χ0) is 15.2. The molecule has 2 rings (SSSR count). The van der Waals surface area contributed by atoms with E-state index in [2.05, 4.69) is 34.3 Å². The number of nitrogens with zero attached hydrogens (tertiary/aromatic N) is 2. The highest BCUT2D eigenvalue weighted by atomic mass is 16.4. The van der Waals surface area contributed by atoms with Crippen LogP contribution < -0.4 is 11.1 Å². The van der Waals surface area contributed by atoms with Crippen LogP contribution in [0.15, 0.2) is 33.7 Å². The third kappa shape index (κ3) is 4.08. The molecule has 5 nitrogen and oxygen atoms in total. The van der Waals surface area contributed by atoms with Gasteiger partial charge in [-0.2, -0.15) is 0 Å². The van der Waals surface area contributed by atoms with Gasteiger partial charge in [-0.3, -0.25) is 0 Å². The average molecular weight is 286 g/mol. The van der Waals surface area contributed by atoms with Crippen molar-refractivity contribution in [3.63, 3.8) is 0 Å². The van der Waals surface area contributed by atoms with E-state index in [4.69, 9.17) is 10.2 Å². The third-order valence-electron chi connectivity index (χ3n) is 3.27. The lowest BCUT2D eigenvalue weighted by molar-refractivity contribution is 0.461. The molecule has 0 aliphatic carbocycles. The monoisotopic (exact) mass is 286 g/mol. The summed E-state index contributed by atoms with van der Waals surface area (Å²) in [6.45, 7) is 6.45. The highest BCUT2D eigenvalue weighted by Crippen LogP contribution is 2.12. The molecule has 0 atom stereocenters. The molecule has 5 heteroatoms. The number of guanidine groups is 1. The van der Waals surface area contributed by atoms with Crippen LogP contribution in [-0.4, -0.2) is 10.9 Å². The van der Waals surface area contributed by atoms with Crippen LogP contribution in [0.4, 0.5) is 5.69 Å². The number of hydrogen-bond acceptors (Lipinski definition) is 3. The molecular weight excluding hydrogens is 264 g/mol. The normalized spacial score (nSPS) is 11.7. The van der Waals surface area contributed by atoms with Crippen molar-refractivity contribution in [2.45, 2.75) is 40.2 Å². The number of aromatic nitrogens is 1. The number of benzene rings is 1. The molecule has 21 heavy (non-hydrogen) atoms. The summed E-state index contributed by atoms with van der Waals surface area (Å²) >= 11 is 0. The third-order valence-corrected chi connectivity index (χ3v) is 3.27. The predicted octanol–water partition coefficient (Wildman–Crippen LogP) is 3.03. The lowest BCUT2D eigenvalue weighted by Gasteiger charge is -2.06. The first-order chi connectivity index (χ1) is 10.1. The number of anilines is 1. The highest BCUT2D eigenvalue weighted by molar-refractivity contribution is 5.92. The van der Waals surface area contributed by atoms with Gasteiger partial charge in [0.2, 0.25) is 0 Å². The number of aliphatic imine (C=N–C) groups is 1. The maximum atomic E-state index is 5.89. The first-order valence-corrected chi connectivity index (χ1v) is 7.23. The Morgan fingerprint density at radius 3 is 2.52 bits per heavy atom. The molecule has 112 valence electrons. The first kappa shape index (κ1) is 15.1. The van der Waals surface area contributed by atoms with E-state index in [0.717, 1.165) is 35.9 Å². The fourth-order valence-corrected chi connectivity index (χ4v) is 1.95. The van der Waals surface area contributed by atoms with Gasteiger partial charge in [0.1, 0.15) is 12.3 Å². The van der Waals surface area contributed by atoms with Gasteiger partial charge in [0, 0.05) is 12.1 Å². The minimum Gasteiger partial charge on any atom is -0.443 e. The van der Waals surface area contributed by atoms with Crippen LogP contribution in [0.5, 0.6) is 0 Å². The van der Waals surface area contributed by atoms with Crippen LogP contribution in [0.25, 0.3) is 0 Å². The summed E-state index contributed by atoms with van der Waals surface area (Å²) in [6.07, 6.45) is 1.80. The molecule has 1 aromatic heterocycles. The number of nitrogens with one attached hydrogen (secondary N) is 1. The Hall–Kier alpha value is -2.30. The molecule has 1 heterocycles. The molecule has 1 aromatic carbocycles. The first-order valence-electron chi connectivity index (χ1n) is 7.23. The molecule has 0 saturated carbocycles. The molecule has 3 N–H and O–H groups in total. The van der Waals surface area contributed by atoms with Crippen LogP contribution >= 0.6 is 0 Å². The van der Waals surface area contributed by atoms with E-state index < -0.39 is 0 Å². The van der Waals surface area contributed by atoms with E-state index in [-0.39, 0.29) is 0 Å². The molecule has 0 unspecified atom stereocenters. The second-order valence-corrected chi connectivity index (χ2v) is 4.85. The molecule has 2 aromatic rings. The second kappa shape index (κ2) is 6.92. The number of nitrogens with two attached hydrogens (primary N) is 1. The van der Waals surface area contributed by atoms with Crippen LogP contribution in [0.2, 0.25) is 0 Å². The minimum absolute atomic E-state index is 0.369. The van der Waals surface area contributed by atoms with Crippen molar-refractivity contribution < 1.29 is 4.42 Å². The molecule has 0 radical (unpaired) electrons. The summed E-state index contributed by atoms with van der Waals surface area (Å²) in [5.41, 5.74) is 8.98. The Kier molecular flexibility index (Phi) is 4.98. The number of hydrogen-bond donors (Lipinski definition) is 2. The lowest BCUT2D eigenvalue weighted by Crippen LogP contribution is -2.22. The van der Waals surface area contributed by atoms with Crippen LogP contribution in [-0.2, 0) is 19.4 Å². The lowest BCUT2D eigenvalue weighted by atomic mass is 10.1. The Morgan fingerprint density at radius 1 is 1.24 bits per heavy atom. The summed E-state index contributed by atoms with van der Waals surface area (Å²) in [5.74, 6) is 1.87. The number of oxazole rings is 1. The van der Waals surface area contributed by atoms with Gasteiger partial charge in [0.25, 0.3) is 0 Å². The number of rotatable bonds is 5. The predicted molar refractivity (Wildman–Crippen MR) is 85.4 cm³/mol. The Balaban J connectivity index is 1.98. The van der Waals surface area contributed by atoms with Gasteiger partial charge in [-0.15, -0.1) is 0 Å². The van der Waals surface area contributed by atoms with E-state index in [9.17, 15) is 0 Å². The smallest absolute Gasteiger partial charge is 0.194 e. The zero-order valence-corrected chi connectivity index (χ0v) is 12.8. The maximum absolute atomic E-state index is 5.89. The van der Waals surface area contributed by atoms with Crippen molar-refractivity contribution in [2.75, 3.05) is 5.32 Å². The summed E-state index contributed by atoms with van der Waals surface area (Å²) in [4.78, 5) is 8.60. The Labute approximate surface area is 125 Å². The van der Waals surface area contributed by atoms with E-state index >= 15 is 0 Å². The van der Waals surface area contributed by atoms with Gasteiger partial charge in [-0.25, -0.2) is 9.98 Å². The van der Waals surface area contributed by atoms with Crippen molar-refractivity contribution in [1.82, 2.24) is 4.98 Å². The number of aryl methyl sites for hydroxylation is 3. The summed E-state index contributed by atoms with van der Waals surface area (Å²) < 4.78 is 5.59. The summed E-state index contributed by atoms with van der Waals surface area (Å²) in [7, 11) is 0. The van der Waals surface area contributed by atoms with Crippen molar-refractivity contribution in [3.8, 4) is 0 Å². The maximum Gasteiger partial charge on any atom is 0.194 e. The molecule has 0 bridgehead atoms. The zero-order valence-electron chi connectivity index (χ0n) is 12.8. The van der Waals surface area contributed by atoms with Crippen molar-refractivity contribution in [3.05, 3.63) is 47.2 Å². The average Bonchev–Trinajstić information content (AvgIpc) is 2.86. The van der Waals surface area contributed by atoms with Crippen molar-refractivity contribution in [2.24, 2.45) is 10.7 Å². The standard InChI is InChI=1S/C16H22N4O/c1-4-12-6-8-13(9-7-12)20-16(17)18-10-14-11(3)19-15(5-2)21-14/h6-9H,4-5,10H2,1-3H3,(H3,17,18,20). The van der Waals surface area contributed by atoms with Gasteiger partial charge >= 0.3 is 0 Å². The van der Waals surface area contributed by atoms with Crippen molar-refractivity contribution in [1.29, 1.82) is 0 Å². The Morgan fingerprint density at radius 2 is 1.95 bits per heavy atom. The molecule has 0 fully saturated rings. The second-order valence-electron chi connectivity index (χ2n) is 4.85. The summed E-state index contributed by atoms with van der Waals surface area (Å²) in [5, 5.41) is 3.07. The van der Waals surface area contributed by atoms with Gasteiger partial charge in [-0.05, 0) is 31.0 Å². The minimum atomic E-state index is 0.369. The fraction of sp³-hybridized carbons (Fsp3) is 0.375. The molecule has 0 saturated heterocycles. The Bertz CT molecular complexity index is 614. The van der Waals surface area contributed by atoms with E-state index in [1.807, 2.05) is 26.0 Å². The SMILES string of the molecule is CCc1ccc(NC(N)=NCc2oc(CC)nc2C)cc1. The molecule has 0 aliphatic heterocycles. The van der Waals surface area contributed by atoms with Gasteiger partial charge in [0.15, 0.2) is 11.9 Å². The molecular formula is C16H22N4O. The molecule has 0 spiro atoms. The fourth-order valence-electron chi connectivity index (χ4n) is 1.95. The van der Waals surface area contributed by atoms with Crippen LogP contribution in [0.3, 0.4) is 0 Å². The largest absolute Gasteiger partial charge is 0.443 e. The van der Waals surface area contributed by atoms with Crippen LogP contribution in [0.1, 0.15) is 36.8 Å². The van der Waals surface area contributed by atoms with E-state index in [0.29, 0.717) is 12.5 Å². The van der Waals surface area contributed by atoms with Gasteiger partial charge in [0.05, 0.1) is 5.69 Å². The summed E-state index contributed by atoms with van der Waals surface area (Å²) in [6, 6.07) is 8.14. The van der Waals surface area contributed by atoms with E-state index in [1.54, 1.807) is 0 Å². The topological polar surface area (TPSA) is 76.4 Å².